The predicted molar refractivity (Wildman–Crippen MR) is 62.4 cm³/mol. The molecule has 0 aromatic heterocycles. The Balaban J connectivity index is 2.90. The smallest absolute Gasteiger partial charge is 0.336 e. The van der Waals surface area contributed by atoms with Gasteiger partial charge in [-0.15, -0.1) is 0 Å². The number of carboxylic acids is 1. The topological polar surface area (TPSA) is 46.5 Å². The van der Waals surface area contributed by atoms with Crippen LogP contribution in [0.4, 0.5) is 0 Å². The number of carboxylic acid groups (broad SMARTS) is 1. The number of rotatable bonds is 6. The first-order valence-electron chi connectivity index (χ1n) is 5.56. The van der Waals surface area contributed by atoms with Crippen molar-refractivity contribution in [1.82, 2.24) is 0 Å². The first kappa shape index (κ1) is 12.7. The second-order valence-corrected chi connectivity index (χ2v) is 3.75. The standard InChI is InChI=1S/C13H18O3/c1-3-13(12(14)15,16-4-2)10-11-8-6-5-7-9-11/h5-9H,3-4,10H2,1-2H3,(H,14,15). The summed E-state index contributed by atoms with van der Waals surface area (Å²) in [5, 5.41) is 9.29. The summed E-state index contributed by atoms with van der Waals surface area (Å²) in [4.78, 5) is 11.3. The van der Waals surface area contributed by atoms with Crippen LogP contribution < -0.4 is 0 Å². The maximum Gasteiger partial charge on any atom is 0.336 e. The van der Waals surface area contributed by atoms with Crippen LogP contribution in [0.3, 0.4) is 0 Å². The third kappa shape index (κ3) is 2.83. The van der Waals surface area contributed by atoms with Crippen molar-refractivity contribution in [1.29, 1.82) is 0 Å². The summed E-state index contributed by atoms with van der Waals surface area (Å²) < 4.78 is 5.44. The van der Waals surface area contributed by atoms with Gasteiger partial charge in [0.25, 0.3) is 0 Å². The maximum atomic E-state index is 11.3. The summed E-state index contributed by atoms with van der Waals surface area (Å²) in [5.74, 6) is -0.888. The van der Waals surface area contributed by atoms with Crippen molar-refractivity contribution in [3.63, 3.8) is 0 Å². The second kappa shape index (κ2) is 5.66. The summed E-state index contributed by atoms with van der Waals surface area (Å²) >= 11 is 0. The van der Waals surface area contributed by atoms with Crippen LogP contribution in [-0.2, 0) is 16.0 Å². The fourth-order valence-corrected chi connectivity index (χ4v) is 1.77. The molecule has 0 spiro atoms. The van der Waals surface area contributed by atoms with E-state index in [-0.39, 0.29) is 0 Å². The van der Waals surface area contributed by atoms with E-state index in [2.05, 4.69) is 0 Å². The summed E-state index contributed by atoms with van der Waals surface area (Å²) in [6, 6.07) is 9.57. The molecule has 0 saturated heterocycles. The second-order valence-electron chi connectivity index (χ2n) is 3.75. The highest BCUT2D eigenvalue weighted by Gasteiger charge is 2.37. The SMILES string of the molecule is CCOC(CC)(Cc1ccccc1)C(=O)O. The van der Waals surface area contributed by atoms with Gasteiger partial charge in [0.05, 0.1) is 0 Å². The number of carbonyl (C=O) groups is 1. The Bertz CT molecular complexity index is 334. The molecule has 0 aliphatic heterocycles. The largest absolute Gasteiger partial charge is 0.479 e. The van der Waals surface area contributed by atoms with Crippen LogP contribution in [0, 0.1) is 0 Å². The highest BCUT2D eigenvalue weighted by Crippen LogP contribution is 2.22. The number of ether oxygens (including phenoxy) is 1. The molecule has 16 heavy (non-hydrogen) atoms. The third-order valence-electron chi connectivity index (χ3n) is 2.71. The summed E-state index contributed by atoms with van der Waals surface area (Å²) in [6.07, 6.45) is 0.874. The lowest BCUT2D eigenvalue weighted by atomic mass is 9.91. The Labute approximate surface area is 96.1 Å². The minimum absolute atomic E-state index is 0.410. The van der Waals surface area contributed by atoms with E-state index in [1.807, 2.05) is 44.2 Å². The van der Waals surface area contributed by atoms with E-state index >= 15 is 0 Å². The van der Waals surface area contributed by atoms with Gasteiger partial charge in [-0.2, -0.15) is 0 Å². The van der Waals surface area contributed by atoms with Gasteiger partial charge < -0.3 is 9.84 Å². The van der Waals surface area contributed by atoms with Crippen molar-refractivity contribution in [2.24, 2.45) is 0 Å². The quantitative estimate of drug-likeness (QED) is 0.804. The van der Waals surface area contributed by atoms with E-state index in [0.717, 1.165) is 5.56 Å². The molecule has 1 N–H and O–H groups in total. The first-order valence-corrected chi connectivity index (χ1v) is 5.56. The van der Waals surface area contributed by atoms with Gasteiger partial charge in [-0.25, -0.2) is 4.79 Å². The number of hydrogen-bond donors (Lipinski definition) is 1. The van der Waals surface area contributed by atoms with Crippen LogP contribution in [-0.4, -0.2) is 23.3 Å². The number of hydrogen-bond acceptors (Lipinski definition) is 2. The maximum absolute atomic E-state index is 11.3. The molecule has 0 saturated carbocycles. The predicted octanol–water partition coefficient (Wildman–Crippen LogP) is 2.50. The molecule has 1 unspecified atom stereocenters. The summed E-state index contributed by atoms with van der Waals surface area (Å²) in [6.45, 7) is 4.07. The highest BCUT2D eigenvalue weighted by molar-refractivity contribution is 5.77. The highest BCUT2D eigenvalue weighted by atomic mass is 16.5. The molecule has 1 aromatic rings. The van der Waals surface area contributed by atoms with Gasteiger partial charge >= 0.3 is 5.97 Å². The Morgan fingerprint density at radius 1 is 1.31 bits per heavy atom. The molecule has 3 heteroatoms. The van der Waals surface area contributed by atoms with Crippen LogP contribution in [0.1, 0.15) is 25.8 Å². The third-order valence-corrected chi connectivity index (χ3v) is 2.71. The van der Waals surface area contributed by atoms with Crippen LogP contribution in [0.2, 0.25) is 0 Å². The van der Waals surface area contributed by atoms with Crippen LogP contribution in [0.5, 0.6) is 0 Å². The molecular weight excluding hydrogens is 204 g/mol. The van der Waals surface area contributed by atoms with Gasteiger partial charge in [-0.3, -0.25) is 0 Å². The molecule has 3 nitrogen and oxygen atoms in total. The normalized spacial score (nSPS) is 14.4. The van der Waals surface area contributed by atoms with Crippen molar-refractivity contribution in [3.05, 3.63) is 35.9 Å². The fourth-order valence-electron chi connectivity index (χ4n) is 1.77. The zero-order chi connectivity index (χ0) is 12.0. The number of benzene rings is 1. The van der Waals surface area contributed by atoms with Crippen molar-refractivity contribution in [2.45, 2.75) is 32.3 Å². The van der Waals surface area contributed by atoms with Gasteiger partial charge in [0.15, 0.2) is 5.60 Å². The average molecular weight is 222 g/mol. The Morgan fingerprint density at radius 3 is 2.38 bits per heavy atom. The molecule has 0 aliphatic carbocycles. The Morgan fingerprint density at radius 2 is 1.94 bits per heavy atom. The van der Waals surface area contributed by atoms with E-state index in [1.54, 1.807) is 0 Å². The molecule has 0 bridgehead atoms. The minimum atomic E-state index is -1.09. The molecule has 1 rings (SSSR count). The zero-order valence-corrected chi connectivity index (χ0v) is 9.77. The number of aliphatic carboxylic acids is 1. The van der Waals surface area contributed by atoms with Crippen molar-refractivity contribution >= 4 is 5.97 Å². The lowest BCUT2D eigenvalue weighted by Gasteiger charge is -2.28. The molecule has 1 atom stereocenters. The molecule has 88 valence electrons. The van der Waals surface area contributed by atoms with Crippen molar-refractivity contribution in [2.75, 3.05) is 6.61 Å². The van der Waals surface area contributed by atoms with Gasteiger partial charge in [0.1, 0.15) is 0 Å². The van der Waals surface area contributed by atoms with Crippen LogP contribution in [0.25, 0.3) is 0 Å². The molecule has 0 fully saturated rings. The molecule has 0 radical (unpaired) electrons. The molecule has 0 aliphatic rings. The van der Waals surface area contributed by atoms with Gasteiger partial charge in [0, 0.05) is 13.0 Å². The van der Waals surface area contributed by atoms with E-state index in [0.29, 0.717) is 19.4 Å². The van der Waals surface area contributed by atoms with E-state index in [1.165, 1.54) is 0 Å². The first-order chi connectivity index (χ1) is 7.64. The van der Waals surface area contributed by atoms with Crippen LogP contribution in [0.15, 0.2) is 30.3 Å². The molecular formula is C13H18O3. The average Bonchev–Trinajstić information content (AvgIpc) is 2.29. The van der Waals surface area contributed by atoms with Crippen molar-refractivity contribution in [3.8, 4) is 0 Å². The van der Waals surface area contributed by atoms with Gasteiger partial charge in [-0.05, 0) is 18.9 Å². The molecule has 1 aromatic carbocycles. The minimum Gasteiger partial charge on any atom is -0.479 e. The van der Waals surface area contributed by atoms with E-state index in [9.17, 15) is 9.90 Å². The van der Waals surface area contributed by atoms with E-state index < -0.39 is 11.6 Å². The lowest BCUT2D eigenvalue weighted by molar-refractivity contribution is -0.166. The fraction of sp³-hybridized carbons (Fsp3) is 0.462. The Kier molecular flexibility index (Phi) is 4.50. The molecule has 0 amide bonds. The summed E-state index contributed by atoms with van der Waals surface area (Å²) in [7, 11) is 0. The van der Waals surface area contributed by atoms with Crippen LogP contribution >= 0.6 is 0 Å². The monoisotopic (exact) mass is 222 g/mol. The molecule has 0 heterocycles. The zero-order valence-electron chi connectivity index (χ0n) is 9.77. The Hall–Kier alpha value is -1.35. The van der Waals surface area contributed by atoms with E-state index in [4.69, 9.17) is 4.74 Å². The lowest BCUT2D eigenvalue weighted by Crippen LogP contribution is -2.43. The summed E-state index contributed by atoms with van der Waals surface area (Å²) in [5.41, 5.74) is -0.101. The van der Waals surface area contributed by atoms with Gasteiger partial charge in [0.2, 0.25) is 0 Å². The van der Waals surface area contributed by atoms with Gasteiger partial charge in [-0.1, -0.05) is 37.3 Å². The van der Waals surface area contributed by atoms with Crippen molar-refractivity contribution < 1.29 is 14.6 Å².